The van der Waals surface area contributed by atoms with Crippen molar-refractivity contribution in [1.82, 2.24) is 14.9 Å². The second kappa shape index (κ2) is 8.17. The summed E-state index contributed by atoms with van der Waals surface area (Å²) in [6.07, 6.45) is 0. The molecule has 174 valence electrons. The first-order valence-electron chi connectivity index (χ1n) is 11.0. The molecule has 5 rings (SSSR count). The van der Waals surface area contributed by atoms with Crippen LogP contribution in [0.3, 0.4) is 0 Å². The Bertz CT molecular complexity index is 1310. The van der Waals surface area contributed by atoms with Gasteiger partial charge in [0.05, 0.1) is 46.5 Å². The summed E-state index contributed by atoms with van der Waals surface area (Å²) >= 11 is 1.36. The van der Waals surface area contributed by atoms with E-state index < -0.39 is 5.60 Å². The van der Waals surface area contributed by atoms with Gasteiger partial charge in [-0.05, 0) is 50.6 Å². The molecule has 34 heavy (non-hydrogen) atoms. The summed E-state index contributed by atoms with van der Waals surface area (Å²) in [5.41, 5.74) is 3.15. The number of thiazole rings is 1. The van der Waals surface area contributed by atoms with Crippen molar-refractivity contribution < 1.29 is 14.6 Å². The number of hydrogen-bond acceptors (Lipinski definition) is 7. The molecule has 3 aromatic rings. The van der Waals surface area contributed by atoms with Gasteiger partial charge in [-0.15, -0.1) is 0 Å². The molecule has 8 nitrogen and oxygen atoms in total. The topological polar surface area (TPSA) is 111 Å². The highest BCUT2D eigenvalue weighted by Crippen LogP contribution is 2.41. The van der Waals surface area contributed by atoms with Gasteiger partial charge in [-0.2, -0.15) is 5.26 Å². The van der Waals surface area contributed by atoms with Gasteiger partial charge in [0.25, 0.3) is 0 Å². The minimum atomic E-state index is -1.11. The highest BCUT2D eigenvalue weighted by molar-refractivity contribution is 7.19. The third-order valence-corrected chi connectivity index (χ3v) is 7.12. The molecule has 4 heterocycles. The van der Waals surface area contributed by atoms with Gasteiger partial charge >= 0.3 is 6.03 Å². The van der Waals surface area contributed by atoms with Crippen LogP contribution in [0.15, 0.2) is 36.4 Å². The van der Waals surface area contributed by atoms with Crippen molar-refractivity contribution in [2.24, 2.45) is 5.41 Å². The predicted molar refractivity (Wildman–Crippen MR) is 129 cm³/mol. The molecule has 0 aliphatic carbocycles. The number of ether oxygens (including phenoxy) is 1. The van der Waals surface area contributed by atoms with E-state index in [1.165, 1.54) is 11.3 Å². The predicted octanol–water partition coefficient (Wildman–Crippen LogP) is 4.14. The first-order chi connectivity index (χ1) is 16.2. The van der Waals surface area contributed by atoms with Crippen molar-refractivity contribution in [2.75, 3.05) is 31.6 Å². The van der Waals surface area contributed by atoms with E-state index in [-0.39, 0.29) is 11.4 Å². The standard InChI is InChI=1S/C25H25N5O3S/c1-15-7-18(9-19(27-15)24(2,3)32)21-20(17-6-4-5-16(8-17)10-26)28-22(34-21)29-23(31)30-11-25(12-30)13-33-14-25/h4-9,32H,11-14H2,1-3H3,(H,28,29,31). The Balaban J connectivity index is 1.52. The average molecular weight is 476 g/mol. The largest absolute Gasteiger partial charge is 0.384 e. The van der Waals surface area contributed by atoms with E-state index in [1.54, 1.807) is 30.9 Å². The number of aryl methyl sites for hydroxylation is 1. The number of nitriles is 1. The maximum atomic E-state index is 12.8. The fourth-order valence-electron chi connectivity index (χ4n) is 4.26. The third kappa shape index (κ3) is 4.16. The molecular formula is C25H25N5O3S. The van der Waals surface area contributed by atoms with E-state index in [0.29, 0.717) is 48.4 Å². The van der Waals surface area contributed by atoms with Gasteiger partial charge in [0.15, 0.2) is 5.13 Å². The lowest BCUT2D eigenvalue weighted by molar-refractivity contribution is -0.174. The van der Waals surface area contributed by atoms with Crippen LogP contribution in [-0.4, -0.2) is 52.3 Å². The second-order valence-corrected chi connectivity index (χ2v) is 10.6. The van der Waals surface area contributed by atoms with Crippen LogP contribution in [0.4, 0.5) is 9.93 Å². The first kappa shape index (κ1) is 22.5. The maximum Gasteiger partial charge on any atom is 0.323 e. The smallest absolute Gasteiger partial charge is 0.323 e. The summed E-state index contributed by atoms with van der Waals surface area (Å²) in [6, 6.07) is 13.0. The van der Waals surface area contributed by atoms with Gasteiger partial charge in [0.1, 0.15) is 5.60 Å². The Kier molecular flexibility index (Phi) is 5.40. The van der Waals surface area contributed by atoms with Crippen LogP contribution in [0.25, 0.3) is 21.7 Å². The molecule has 2 aromatic heterocycles. The number of anilines is 1. The van der Waals surface area contributed by atoms with E-state index in [4.69, 9.17) is 9.72 Å². The highest BCUT2D eigenvalue weighted by Gasteiger charge is 2.50. The summed E-state index contributed by atoms with van der Waals surface area (Å²) in [6.45, 7) is 8.06. The zero-order chi connectivity index (χ0) is 24.1. The summed E-state index contributed by atoms with van der Waals surface area (Å²) in [5, 5.41) is 23.3. The van der Waals surface area contributed by atoms with Crippen molar-refractivity contribution in [1.29, 1.82) is 5.26 Å². The van der Waals surface area contributed by atoms with Gasteiger partial charge < -0.3 is 14.7 Å². The molecule has 9 heteroatoms. The lowest BCUT2D eigenvalue weighted by Gasteiger charge is -2.54. The van der Waals surface area contributed by atoms with E-state index in [2.05, 4.69) is 16.4 Å². The summed E-state index contributed by atoms with van der Waals surface area (Å²) in [4.78, 5) is 24.6. The molecule has 0 bridgehead atoms. The minimum absolute atomic E-state index is 0.135. The molecule has 1 spiro atoms. The normalized spacial score (nSPS) is 16.5. The number of nitrogens with zero attached hydrogens (tertiary/aromatic N) is 4. The van der Waals surface area contributed by atoms with Crippen molar-refractivity contribution in [2.45, 2.75) is 26.4 Å². The Morgan fingerprint density at radius 1 is 1.24 bits per heavy atom. The fraction of sp³-hybridized carbons (Fsp3) is 0.360. The van der Waals surface area contributed by atoms with Crippen LogP contribution < -0.4 is 5.32 Å². The number of urea groups is 1. The lowest BCUT2D eigenvalue weighted by atomic mass is 9.78. The molecule has 2 aliphatic rings. The fourth-order valence-corrected chi connectivity index (χ4v) is 5.23. The van der Waals surface area contributed by atoms with Gasteiger partial charge in [0, 0.05) is 24.3 Å². The molecule has 0 saturated carbocycles. The number of aliphatic hydroxyl groups is 1. The zero-order valence-corrected chi connectivity index (χ0v) is 20.1. The summed E-state index contributed by atoms with van der Waals surface area (Å²) < 4.78 is 5.29. The minimum Gasteiger partial charge on any atom is -0.384 e. The van der Waals surface area contributed by atoms with Crippen LogP contribution in [0, 0.1) is 23.7 Å². The van der Waals surface area contributed by atoms with Gasteiger partial charge in [-0.3, -0.25) is 10.3 Å². The maximum absolute atomic E-state index is 12.8. The molecule has 2 amide bonds. The number of carbonyl (C=O) groups excluding carboxylic acids is 1. The SMILES string of the molecule is Cc1cc(-c2sc(NC(=O)N3CC4(COC4)C3)nc2-c2cccc(C#N)c2)cc(C(C)(C)O)n1. The lowest BCUT2D eigenvalue weighted by Crippen LogP contribution is -2.67. The van der Waals surface area contributed by atoms with Crippen molar-refractivity contribution >= 4 is 22.5 Å². The van der Waals surface area contributed by atoms with Crippen LogP contribution in [0.2, 0.25) is 0 Å². The number of rotatable bonds is 4. The Morgan fingerprint density at radius 2 is 2.00 bits per heavy atom. The zero-order valence-electron chi connectivity index (χ0n) is 19.3. The summed E-state index contributed by atoms with van der Waals surface area (Å²) in [5.74, 6) is 0. The third-order valence-electron chi connectivity index (χ3n) is 6.10. The Labute approximate surface area is 201 Å². The average Bonchev–Trinajstić information content (AvgIpc) is 3.14. The van der Waals surface area contributed by atoms with Crippen LogP contribution in [0.1, 0.15) is 30.8 Å². The second-order valence-electron chi connectivity index (χ2n) is 9.61. The van der Waals surface area contributed by atoms with Crippen molar-refractivity contribution in [3.63, 3.8) is 0 Å². The molecule has 0 unspecified atom stereocenters. The Hall–Kier alpha value is -3.32. The van der Waals surface area contributed by atoms with Crippen LogP contribution in [-0.2, 0) is 10.3 Å². The highest BCUT2D eigenvalue weighted by atomic mass is 32.1. The molecule has 2 saturated heterocycles. The number of benzene rings is 1. The van der Waals surface area contributed by atoms with Gasteiger partial charge in [-0.1, -0.05) is 23.5 Å². The molecule has 2 fully saturated rings. The van der Waals surface area contributed by atoms with E-state index in [0.717, 1.165) is 21.7 Å². The van der Waals surface area contributed by atoms with Crippen LogP contribution in [0.5, 0.6) is 0 Å². The van der Waals surface area contributed by atoms with Gasteiger partial charge in [-0.25, -0.2) is 9.78 Å². The molecule has 0 atom stereocenters. The Morgan fingerprint density at radius 3 is 2.65 bits per heavy atom. The summed E-state index contributed by atoms with van der Waals surface area (Å²) in [7, 11) is 0. The van der Waals surface area contributed by atoms with Gasteiger partial charge in [0.2, 0.25) is 0 Å². The molecule has 2 aliphatic heterocycles. The van der Waals surface area contributed by atoms with E-state index >= 15 is 0 Å². The molecule has 2 N–H and O–H groups in total. The number of pyridine rings is 1. The number of carbonyl (C=O) groups is 1. The van der Waals surface area contributed by atoms with E-state index in [1.807, 2.05) is 31.2 Å². The number of amides is 2. The monoisotopic (exact) mass is 475 g/mol. The number of hydrogen-bond donors (Lipinski definition) is 2. The van der Waals surface area contributed by atoms with Crippen molar-refractivity contribution in [3.05, 3.63) is 53.3 Å². The molecule has 1 aromatic carbocycles. The molecule has 0 radical (unpaired) electrons. The van der Waals surface area contributed by atoms with Crippen LogP contribution >= 0.6 is 11.3 Å². The van der Waals surface area contributed by atoms with Crippen molar-refractivity contribution in [3.8, 4) is 27.8 Å². The number of aromatic nitrogens is 2. The molecular weight excluding hydrogens is 450 g/mol. The first-order valence-corrected chi connectivity index (χ1v) is 11.8. The number of likely N-dealkylation sites (tertiary alicyclic amines) is 1. The number of nitrogens with one attached hydrogen (secondary N) is 1. The quantitative estimate of drug-likeness (QED) is 0.587. The van der Waals surface area contributed by atoms with E-state index in [9.17, 15) is 15.2 Å².